The SMILES string of the molecule is COC[C@]1(C)Nc2c(cnc3[nH]cc(C(=O)c4ccc(Oc5cccc(C)n5)cc4Cl)c23)NC1=O. The topological polar surface area (TPSA) is 118 Å². The molecule has 1 aliphatic heterocycles. The molecule has 178 valence electrons. The Morgan fingerprint density at radius 2 is 2.03 bits per heavy atom. The van der Waals surface area contributed by atoms with E-state index in [4.69, 9.17) is 21.1 Å². The summed E-state index contributed by atoms with van der Waals surface area (Å²) >= 11 is 6.50. The van der Waals surface area contributed by atoms with Crippen molar-refractivity contribution in [1.29, 1.82) is 0 Å². The van der Waals surface area contributed by atoms with Crippen LogP contribution in [0.4, 0.5) is 11.4 Å². The fourth-order valence-corrected chi connectivity index (χ4v) is 4.32. The van der Waals surface area contributed by atoms with Crippen molar-refractivity contribution in [2.75, 3.05) is 24.4 Å². The van der Waals surface area contributed by atoms with Gasteiger partial charge >= 0.3 is 0 Å². The number of aromatic nitrogens is 3. The highest BCUT2D eigenvalue weighted by molar-refractivity contribution is 6.36. The maximum Gasteiger partial charge on any atom is 0.252 e. The number of aryl methyl sites for hydroxylation is 1. The molecule has 1 aromatic carbocycles. The highest BCUT2D eigenvalue weighted by Crippen LogP contribution is 2.39. The number of carbonyl (C=O) groups is 2. The number of anilines is 2. The lowest BCUT2D eigenvalue weighted by molar-refractivity contribution is -0.121. The Hall–Kier alpha value is -3.95. The number of carbonyl (C=O) groups excluding carboxylic acids is 2. The highest BCUT2D eigenvalue weighted by Gasteiger charge is 2.39. The number of nitrogens with zero attached hydrogens (tertiary/aromatic N) is 2. The Kier molecular flexibility index (Phi) is 5.66. The lowest BCUT2D eigenvalue weighted by Gasteiger charge is -2.35. The summed E-state index contributed by atoms with van der Waals surface area (Å²) < 4.78 is 11.0. The molecule has 0 saturated heterocycles. The summed E-state index contributed by atoms with van der Waals surface area (Å²) in [6, 6.07) is 10.3. The van der Waals surface area contributed by atoms with E-state index < -0.39 is 5.54 Å². The lowest BCUT2D eigenvalue weighted by atomic mass is 9.96. The molecule has 4 aromatic rings. The Bertz CT molecular complexity index is 1480. The molecule has 0 bridgehead atoms. The van der Waals surface area contributed by atoms with Gasteiger partial charge in [-0.05, 0) is 32.0 Å². The predicted molar refractivity (Wildman–Crippen MR) is 133 cm³/mol. The van der Waals surface area contributed by atoms with Gasteiger partial charge in [0.15, 0.2) is 5.78 Å². The number of amides is 1. The molecule has 4 heterocycles. The molecule has 0 spiro atoms. The quantitative estimate of drug-likeness (QED) is 0.334. The first-order chi connectivity index (χ1) is 16.8. The molecular weight excluding hydrogens is 470 g/mol. The van der Waals surface area contributed by atoms with Gasteiger partial charge < -0.3 is 25.1 Å². The predicted octanol–water partition coefficient (Wildman–Crippen LogP) is 4.71. The molecule has 1 amide bonds. The molecule has 3 N–H and O–H groups in total. The van der Waals surface area contributed by atoms with Crippen LogP contribution in [0.2, 0.25) is 5.02 Å². The maximum atomic E-state index is 13.6. The standard InChI is InChI=1S/C25H22ClN5O4/c1-13-5-4-6-19(29-13)35-14-7-8-15(17(26)9-14)22(32)16-10-27-23-20(16)21-18(11-28-23)30-24(33)25(2,31-21)12-34-3/h4-11,31H,12H2,1-3H3,(H,27,28)(H,30,33)/t25-/m0/s1. The van der Waals surface area contributed by atoms with E-state index in [-0.39, 0.29) is 23.3 Å². The second kappa shape index (κ2) is 8.68. The van der Waals surface area contributed by atoms with Crippen molar-refractivity contribution < 1.29 is 19.1 Å². The van der Waals surface area contributed by atoms with Crippen LogP contribution in [0.1, 0.15) is 28.5 Å². The van der Waals surface area contributed by atoms with Crippen molar-refractivity contribution in [2.24, 2.45) is 0 Å². The first-order valence-corrected chi connectivity index (χ1v) is 11.2. The van der Waals surface area contributed by atoms with Crippen molar-refractivity contribution in [3.05, 3.63) is 70.6 Å². The molecule has 35 heavy (non-hydrogen) atoms. The third-order valence-electron chi connectivity index (χ3n) is 5.80. The van der Waals surface area contributed by atoms with Crippen LogP contribution >= 0.6 is 11.6 Å². The average molecular weight is 492 g/mol. The number of hydrogen-bond donors (Lipinski definition) is 3. The number of aromatic amines is 1. The molecule has 0 unspecified atom stereocenters. The van der Waals surface area contributed by atoms with Crippen molar-refractivity contribution in [3.8, 4) is 11.6 Å². The molecule has 1 aliphatic rings. The van der Waals surface area contributed by atoms with E-state index in [1.54, 1.807) is 37.4 Å². The Morgan fingerprint density at radius 3 is 2.77 bits per heavy atom. The molecule has 0 aliphatic carbocycles. The van der Waals surface area contributed by atoms with Crippen LogP contribution in [0.15, 0.2) is 48.8 Å². The van der Waals surface area contributed by atoms with E-state index in [1.165, 1.54) is 13.3 Å². The number of benzene rings is 1. The average Bonchev–Trinajstić information content (AvgIpc) is 3.25. The molecule has 1 atom stereocenters. The van der Waals surface area contributed by atoms with Crippen LogP contribution in [0.3, 0.4) is 0 Å². The fraction of sp³-hybridized carbons (Fsp3) is 0.200. The van der Waals surface area contributed by atoms with E-state index >= 15 is 0 Å². The Labute approximate surface area is 205 Å². The normalized spacial score (nSPS) is 17.0. The molecule has 10 heteroatoms. The zero-order valence-electron chi connectivity index (χ0n) is 19.2. The van der Waals surface area contributed by atoms with Crippen LogP contribution in [0, 0.1) is 6.92 Å². The van der Waals surface area contributed by atoms with E-state index in [2.05, 4.69) is 25.6 Å². The molecular formula is C25H22ClN5O4. The molecule has 9 nitrogen and oxygen atoms in total. The smallest absolute Gasteiger partial charge is 0.252 e. The monoisotopic (exact) mass is 491 g/mol. The largest absolute Gasteiger partial charge is 0.439 e. The second-order valence-corrected chi connectivity index (χ2v) is 8.91. The summed E-state index contributed by atoms with van der Waals surface area (Å²) in [5, 5.41) is 6.88. The summed E-state index contributed by atoms with van der Waals surface area (Å²) in [6.07, 6.45) is 3.13. The first-order valence-electron chi connectivity index (χ1n) is 10.8. The summed E-state index contributed by atoms with van der Waals surface area (Å²) in [4.78, 5) is 37.9. The van der Waals surface area contributed by atoms with Gasteiger partial charge in [0, 0.05) is 36.7 Å². The zero-order valence-corrected chi connectivity index (χ0v) is 20.0. The third kappa shape index (κ3) is 4.09. The van der Waals surface area contributed by atoms with Crippen molar-refractivity contribution in [1.82, 2.24) is 15.0 Å². The Balaban J connectivity index is 1.51. The van der Waals surface area contributed by atoms with E-state index in [0.29, 0.717) is 45.2 Å². The van der Waals surface area contributed by atoms with Crippen LogP contribution in [0.25, 0.3) is 11.0 Å². The number of halogens is 1. The number of fused-ring (bicyclic) bond motifs is 3. The Morgan fingerprint density at radius 1 is 1.20 bits per heavy atom. The van der Waals surface area contributed by atoms with Gasteiger partial charge in [0.2, 0.25) is 5.88 Å². The number of nitrogens with one attached hydrogen (secondary N) is 3. The van der Waals surface area contributed by atoms with E-state index in [0.717, 1.165) is 5.69 Å². The number of rotatable bonds is 6. The maximum absolute atomic E-state index is 13.6. The summed E-state index contributed by atoms with van der Waals surface area (Å²) in [7, 11) is 1.52. The molecule has 0 fully saturated rings. The third-order valence-corrected chi connectivity index (χ3v) is 6.11. The number of hydrogen-bond acceptors (Lipinski definition) is 7. The van der Waals surface area contributed by atoms with Crippen molar-refractivity contribution >= 4 is 45.7 Å². The summed E-state index contributed by atoms with van der Waals surface area (Å²) in [5.74, 6) is 0.339. The highest BCUT2D eigenvalue weighted by atomic mass is 35.5. The fourth-order valence-electron chi connectivity index (χ4n) is 4.07. The number of H-pyrrole nitrogens is 1. The minimum absolute atomic E-state index is 0.138. The van der Waals surface area contributed by atoms with Crippen LogP contribution in [0.5, 0.6) is 11.6 Å². The number of ketones is 1. The van der Waals surface area contributed by atoms with Gasteiger partial charge in [-0.2, -0.15) is 0 Å². The van der Waals surface area contributed by atoms with E-state index in [1.807, 2.05) is 19.1 Å². The summed E-state index contributed by atoms with van der Waals surface area (Å²) in [6.45, 7) is 3.74. The van der Waals surface area contributed by atoms with Gasteiger partial charge in [0.05, 0.1) is 40.2 Å². The lowest BCUT2D eigenvalue weighted by Crippen LogP contribution is -2.53. The number of methoxy groups -OCH3 is 1. The second-order valence-electron chi connectivity index (χ2n) is 8.51. The van der Waals surface area contributed by atoms with E-state index in [9.17, 15) is 9.59 Å². The molecule has 0 saturated carbocycles. The number of ether oxygens (including phenoxy) is 2. The molecule has 0 radical (unpaired) electrons. The first kappa shape index (κ1) is 22.8. The number of pyridine rings is 2. The summed E-state index contributed by atoms with van der Waals surface area (Å²) in [5.41, 5.74) is 2.03. The molecule has 3 aromatic heterocycles. The zero-order chi connectivity index (χ0) is 24.7. The van der Waals surface area contributed by atoms with Crippen LogP contribution in [-0.4, -0.2) is 45.9 Å². The van der Waals surface area contributed by atoms with Gasteiger partial charge in [-0.3, -0.25) is 9.59 Å². The van der Waals surface area contributed by atoms with Crippen molar-refractivity contribution in [2.45, 2.75) is 19.4 Å². The molecule has 5 rings (SSSR count). The minimum atomic E-state index is -1.02. The van der Waals surface area contributed by atoms with Crippen molar-refractivity contribution in [3.63, 3.8) is 0 Å². The van der Waals surface area contributed by atoms with Crippen LogP contribution in [-0.2, 0) is 9.53 Å². The van der Waals surface area contributed by atoms with Gasteiger partial charge in [-0.1, -0.05) is 17.7 Å². The minimum Gasteiger partial charge on any atom is -0.439 e. The van der Waals surface area contributed by atoms with Gasteiger partial charge in [-0.15, -0.1) is 0 Å². The van der Waals surface area contributed by atoms with Crippen LogP contribution < -0.4 is 15.4 Å². The van der Waals surface area contributed by atoms with Gasteiger partial charge in [-0.25, -0.2) is 9.97 Å². The van der Waals surface area contributed by atoms with Gasteiger partial charge in [0.1, 0.15) is 16.9 Å². The van der Waals surface area contributed by atoms with Gasteiger partial charge in [0.25, 0.3) is 5.91 Å².